The van der Waals surface area contributed by atoms with Crippen LogP contribution in [0.2, 0.25) is 0 Å². The summed E-state index contributed by atoms with van der Waals surface area (Å²) in [6, 6.07) is 3.54. The molecule has 0 spiro atoms. The summed E-state index contributed by atoms with van der Waals surface area (Å²) in [6.07, 6.45) is 2.67. The van der Waals surface area contributed by atoms with Crippen molar-refractivity contribution in [3.05, 3.63) is 24.2 Å². The topological polar surface area (TPSA) is 55.0 Å². The Balaban J connectivity index is 2.10. The Kier molecular flexibility index (Phi) is 2.94. The van der Waals surface area contributed by atoms with Gasteiger partial charge in [-0.25, -0.2) is 4.79 Å². The minimum Gasteiger partial charge on any atom is -0.463 e. The number of hydrazone groups is 1. The molecule has 1 aliphatic rings. The molecule has 0 radical (unpaired) electrons. The molecule has 1 atom stereocenters. The number of hydrogen-bond donors (Lipinski definition) is 0. The molecule has 86 valence electrons. The summed E-state index contributed by atoms with van der Waals surface area (Å²) in [5, 5.41) is 5.46. The molecule has 0 unspecified atom stereocenters. The van der Waals surface area contributed by atoms with Gasteiger partial charge in [-0.2, -0.15) is 10.1 Å². The molecule has 16 heavy (non-hydrogen) atoms. The van der Waals surface area contributed by atoms with Crippen molar-refractivity contribution >= 4 is 12.3 Å². The van der Waals surface area contributed by atoms with Crippen LogP contribution in [0.1, 0.15) is 19.6 Å². The van der Waals surface area contributed by atoms with Crippen LogP contribution < -0.4 is 0 Å². The van der Waals surface area contributed by atoms with Crippen LogP contribution in [0.5, 0.6) is 0 Å². The van der Waals surface area contributed by atoms with Crippen LogP contribution in [-0.2, 0) is 4.74 Å². The largest absolute Gasteiger partial charge is 0.463 e. The lowest BCUT2D eigenvalue weighted by atomic mass is 10.1. The normalized spacial score (nSPS) is 21.1. The molecule has 2 rings (SSSR count). The Bertz CT molecular complexity index is 384. The zero-order valence-electron chi connectivity index (χ0n) is 9.29. The molecule has 0 bridgehead atoms. The average molecular weight is 222 g/mol. The van der Waals surface area contributed by atoms with Gasteiger partial charge >= 0.3 is 6.09 Å². The molecule has 5 nitrogen and oxygen atoms in total. The second kappa shape index (κ2) is 4.38. The minimum absolute atomic E-state index is 0.00119. The second-order valence-corrected chi connectivity index (χ2v) is 3.99. The molecule has 5 heteroatoms. The summed E-state index contributed by atoms with van der Waals surface area (Å²) in [7, 11) is 0. The molecule has 1 fully saturated rings. The second-order valence-electron chi connectivity index (χ2n) is 3.99. The van der Waals surface area contributed by atoms with Gasteiger partial charge in [0.2, 0.25) is 0 Å². The van der Waals surface area contributed by atoms with Gasteiger partial charge in [-0.05, 0) is 18.1 Å². The van der Waals surface area contributed by atoms with Gasteiger partial charge in [-0.1, -0.05) is 13.8 Å². The summed E-state index contributed by atoms with van der Waals surface area (Å²) in [6.45, 7) is 4.45. The quantitative estimate of drug-likeness (QED) is 0.736. The maximum absolute atomic E-state index is 11.4. The highest BCUT2D eigenvalue weighted by molar-refractivity contribution is 5.78. The Morgan fingerprint density at radius 1 is 1.62 bits per heavy atom. The first-order valence-corrected chi connectivity index (χ1v) is 5.22. The lowest BCUT2D eigenvalue weighted by Gasteiger charge is -2.18. The molecule has 1 aromatic rings. The lowest BCUT2D eigenvalue weighted by molar-refractivity contribution is 0.158. The van der Waals surface area contributed by atoms with Gasteiger partial charge in [0.15, 0.2) is 0 Å². The van der Waals surface area contributed by atoms with E-state index >= 15 is 0 Å². The summed E-state index contributed by atoms with van der Waals surface area (Å²) < 4.78 is 10.0. The predicted molar refractivity (Wildman–Crippen MR) is 58.1 cm³/mol. The Morgan fingerprint density at radius 3 is 3.06 bits per heavy atom. The number of nitrogens with zero attached hydrogens (tertiary/aromatic N) is 2. The molecular weight excluding hydrogens is 208 g/mol. The standard InChI is InChI=1S/C11H14N2O3/c1-8(2)10-7-16-11(14)13(10)12-6-9-4-3-5-15-9/h3-6,8,10H,7H2,1-2H3/b12-6+/t10-/m1/s1. The molecule has 2 heterocycles. The minimum atomic E-state index is -0.401. The first kappa shape index (κ1) is 10.7. The van der Waals surface area contributed by atoms with Gasteiger partial charge < -0.3 is 9.15 Å². The molecule has 0 N–H and O–H groups in total. The summed E-state index contributed by atoms with van der Waals surface area (Å²) >= 11 is 0. The van der Waals surface area contributed by atoms with Crippen molar-refractivity contribution in [2.45, 2.75) is 19.9 Å². The van der Waals surface area contributed by atoms with E-state index in [9.17, 15) is 4.79 Å². The summed E-state index contributed by atoms with van der Waals surface area (Å²) in [5.74, 6) is 0.919. The molecular formula is C11H14N2O3. The molecule has 1 aliphatic heterocycles. The zero-order valence-corrected chi connectivity index (χ0v) is 9.29. The molecule has 1 amide bonds. The van der Waals surface area contributed by atoms with Crippen molar-refractivity contribution in [3.63, 3.8) is 0 Å². The van der Waals surface area contributed by atoms with E-state index in [4.69, 9.17) is 9.15 Å². The molecule has 0 aliphatic carbocycles. The van der Waals surface area contributed by atoms with E-state index in [0.717, 1.165) is 0 Å². The lowest BCUT2D eigenvalue weighted by Crippen LogP contribution is -2.32. The van der Waals surface area contributed by atoms with E-state index in [1.165, 1.54) is 11.2 Å². The van der Waals surface area contributed by atoms with E-state index < -0.39 is 6.09 Å². The van der Waals surface area contributed by atoms with Crippen LogP contribution in [0.15, 0.2) is 27.9 Å². The average Bonchev–Trinajstić information content (AvgIpc) is 2.84. The van der Waals surface area contributed by atoms with Gasteiger partial charge in [0.1, 0.15) is 12.4 Å². The van der Waals surface area contributed by atoms with Gasteiger partial charge in [0.25, 0.3) is 0 Å². The third-order valence-corrected chi connectivity index (χ3v) is 2.50. The highest BCUT2D eigenvalue weighted by Gasteiger charge is 2.34. The number of carbonyl (C=O) groups excluding carboxylic acids is 1. The van der Waals surface area contributed by atoms with Crippen LogP contribution in [0, 0.1) is 5.92 Å². The van der Waals surface area contributed by atoms with Crippen molar-refractivity contribution < 1.29 is 13.9 Å². The fourth-order valence-corrected chi connectivity index (χ4v) is 1.52. The van der Waals surface area contributed by atoms with Gasteiger partial charge in [-0.15, -0.1) is 0 Å². The van der Waals surface area contributed by atoms with E-state index in [-0.39, 0.29) is 6.04 Å². The Labute approximate surface area is 93.7 Å². The zero-order chi connectivity index (χ0) is 11.5. The van der Waals surface area contributed by atoms with Gasteiger partial charge in [0, 0.05) is 0 Å². The van der Waals surface area contributed by atoms with Crippen molar-refractivity contribution in [2.24, 2.45) is 11.0 Å². The smallest absolute Gasteiger partial charge is 0.430 e. The van der Waals surface area contributed by atoms with Crippen LogP contribution in [0.4, 0.5) is 4.79 Å². The molecule has 1 saturated heterocycles. The van der Waals surface area contributed by atoms with E-state index in [0.29, 0.717) is 18.3 Å². The van der Waals surface area contributed by atoms with Gasteiger partial charge in [-0.3, -0.25) is 0 Å². The maximum atomic E-state index is 11.4. The molecule has 1 aromatic heterocycles. The Morgan fingerprint density at radius 2 is 2.44 bits per heavy atom. The highest BCUT2D eigenvalue weighted by atomic mass is 16.6. The fourth-order valence-electron chi connectivity index (χ4n) is 1.52. The first-order valence-electron chi connectivity index (χ1n) is 5.22. The van der Waals surface area contributed by atoms with Crippen molar-refractivity contribution in [2.75, 3.05) is 6.61 Å². The van der Waals surface area contributed by atoms with Crippen LogP contribution in [-0.4, -0.2) is 30.0 Å². The summed E-state index contributed by atoms with van der Waals surface area (Å²) in [5.41, 5.74) is 0. The number of ether oxygens (including phenoxy) is 1. The van der Waals surface area contributed by atoms with Crippen LogP contribution in [0.3, 0.4) is 0 Å². The number of amides is 1. The van der Waals surface area contributed by atoms with Crippen molar-refractivity contribution in [1.82, 2.24) is 5.01 Å². The van der Waals surface area contributed by atoms with Crippen molar-refractivity contribution in [3.8, 4) is 0 Å². The monoisotopic (exact) mass is 222 g/mol. The van der Waals surface area contributed by atoms with Crippen LogP contribution in [0.25, 0.3) is 0 Å². The highest BCUT2D eigenvalue weighted by Crippen LogP contribution is 2.19. The maximum Gasteiger partial charge on any atom is 0.430 e. The van der Waals surface area contributed by atoms with Crippen LogP contribution >= 0.6 is 0 Å². The number of rotatable bonds is 3. The predicted octanol–water partition coefficient (Wildman–Crippen LogP) is 2.09. The SMILES string of the molecule is CC(C)[C@H]1COC(=O)N1/N=C/c1ccco1. The summed E-state index contributed by atoms with van der Waals surface area (Å²) in [4.78, 5) is 11.4. The third-order valence-electron chi connectivity index (χ3n) is 2.50. The molecule has 0 aromatic carbocycles. The van der Waals surface area contributed by atoms with Crippen molar-refractivity contribution in [1.29, 1.82) is 0 Å². The van der Waals surface area contributed by atoms with E-state index in [1.54, 1.807) is 18.4 Å². The molecule has 0 saturated carbocycles. The Hall–Kier alpha value is -1.78. The van der Waals surface area contributed by atoms with Gasteiger partial charge in [0.05, 0.1) is 18.5 Å². The number of hydrogen-bond acceptors (Lipinski definition) is 4. The van der Waals surface area contributed by atoms with E-state index in [1.807, 2.05) is 13.8 Å². The van der Waals surface area contributed by atoms with E-state index in [2.05, 4.69) is 5.10 Å². The first-order chi connectivity index (χ1) is 7.68. The number of carbonyl (C=O) groups is 1. The number of cyclic esters (lactones) is 1. The fraction of sp³-hybridized carbons (Fsp3) is 0.455. The number of furan rings is 1. The third kappa shape index (κ3) is 2.08.